The molecule has 1 N–H and O–H groups in total. The van der Waals surface area contributed by atoms with E-state index in [4.69, 9.17) is 4.74 Å². The number of carbonyl (C=O) groups is 2. The van der Waals surface area contributed by atoms with Gasteiger partial charge >= 0.3 is 0 Å². The molecule has 2 aromatic rings. The van der Waals surface area contributed by atoms with E-state index in [1.54, 1.807) is 6.92 Å². The molecule has 1 aromatic carbocycles. The predicted molar refractivity (Wildman–Crippen MR) is 105 cm³/mol. The number of nitrogens with one attached hydrogen (secondary N) is 1. The Kier molecular flexibility index (Phi) is 5.63. The molecule has 158 valence electrons. The normalized spacial score (nSPS) is 17.1. The SMILES string of the molecule is C[C@H](C(=O)NCc1ccc(F)c(F)c1)N1Cc2ccc(N3CCOCC3)nc2C1=O. The third kappa shape index (κ3) is 3.97. The average Bonchev–Trinajstić information content (AvgIpc) is 3.10. The molecule has 0 aliphatic carbocycles. The van der Waals surface area contributed by atoms with Crippen molar-refractivity contribution in [2.75, 3.05) is 31.2 Å². The number of pyridine rings is 1. The zero-order valence-corrected chi connectivity index (χ0v) is 16.5. The highest BCUT2D eigenvalue weighted by Gasteiger charge is 2.35. The first-order valence-corrected chi connectivity index (χ1v) is 9.79. The Balaban J connectivity index is 1.41. The number of ether oxygens (including phenoxy) is 1. The lowest BCUT2D eigenvalue weighted by Gasteiger charge is -2.27. The number of anilines is 1. The van der Waals surface area contributed by atoms with Crippen LogP contribution in [0.15, 0.2) is 30.3 Å². The minimum Gasteiger partial charge on any atom is -0.378 e. The third-order valence-corrected chi connectivity index (χ3v) is 5.40. The van der Waals surface area contributed by atoms with Gasteiger partial charge < -0.3 is 19.9 Å². The van der Waals surface area contributed by atoms with E-state index in [1.807, 2.05) is 12.1 Å². The summed E-state index contributed by atoms with van der Waals surface area (Å²) in [6.45, 7) is 4.63. The number of morpholine rings is 1. The minimum atomic E-state index is -0.970. The van der Waals surface area contributed by atoms with Crippen molar-refractivity contribution in [3.05, 3.63) is 58.8 Å². The van der Waals surface area contributed by atoms with E-state index in [9.17, 15) is 18.4 Å². The van der Waals surface area contributed by atoms with Crippen molar-refractivity contribution in [1.82, 2.24) is 15.2 Å². The summed E-state index contributed by atoms with van der Waals surface area (Å²) >= 11 is 0. The molecule has 4 rings (SSSR count). The van der Waals surface area contributed by atoms with Gasteiger partial charge in [-0.25, -0.2) is 13.8 Å². The van der Waals surface area contributed by atoms with Crippen LogP contribution < -0.4 is 10.2 Å². The summed E-state index contributed by atoms with van der Waals surface area (Å²) in [6.07, 6.45) is 0. The number of benzene rings is 1. The molecule has 2 amide bonds. The Hall–Kier alpha value is -3.07. The molecular formula is C21H22F2N4O3. The molecule has 1 atom stereocenters. The standard InChI is InChI=1S/C21H22F2N4O3/c1-13(20(28)24-11-14-2-4-16(22)17(23)10-14)27-12-15-3-5-18(25-19(15)21(27)29)26-6-8-30-9-7-26/h2-5,10,13H,6-9,11-12H2,1H3,(H,24,28)/t13-/m1/s1. The number of fused-ring (bicyclic) bond motifs is 1. The largest absolute Gasteiger partial charge is 0.378 e. The van der Waals surface area contributed by atoms with E-state index in [0.717, 1.165) is 23.5 Å². The van der Waals surface area contributed by atoms with Crippen molar-refractivity contribution in [1.29, 1.82) is 0 Å². The van der Waals surface area contributed by atoms with Crippen LogP contribution in [0.4, 0.5) is 14.6 Å². The summed E-state index contributed by atoms with van der Waals surface area (Å²) in [5.74, 6) is -1.86. The molecule has 9 heteroatoms. The number of hydrogen-bond donors (Lipinski definition) is 1. The Labute approximate surface area is 172 Å². The summed E-state index contributed by atoms with van der Waals surface area (Å²) in [5, 5.41) is 2.67. The lowest BCUT2D eigenvalue weighted by Crippen LogP contribution is -2.45. The number of aromatic nitrogens is 1. The van der Waals surface area contributed by atoms with Crippen molar-refractivity contribution in [2.45, 2.75) is 26.1 Å². The molecule has 2 aliphatic rings. The van der Waals surface area contributed by atoms with Crippen LogP contribution in [0.5, 0.6) is 0 Å². The average molecular weight is 416 g/mol. The second-order valence-electron chi connectivity index (χ2n) is 7.35. The van der Waals surface area contributed by atoms with E-state index in [-0.39, 0.29) is 18.4 Å². The van der Waals surface area contributed by atoms with Crippen LogP contribution in [0.25, 0.3) is 0 Å². The van der Waals surface area contributed by atoms with Crippen LogP contribution in [0.2, 0.25) is 0 Å². The number of hydrogen-bond acceptors (Lipinski definition) is 5. The van der Waals surface area contributed by atoms with Crippen LogP contribution in [-0.4, -0.2) is 54.0 Å². The molecule has 30 heavy (non-hydrogen) atoms. The van der Waals surface area contributed by atoms with Gasteiger partial charge in [0.1, 0.15) is 17.6 Å². The topological polar surface area (TPSA) is 74.8 Å². The van der Waals surface area contributed by atoms with Gasteiger partial charge in [-0.2, -0.15) is 0 Å². The smallest absolute Gasteiger partial charge is 0.273 e. The highest BCUT2D eigenvalue weighted by molar-refractivity contribution is 5.99. The molecule has 0 radical (unpaired) electrons. The second-order valence-corrected chi connectivity index (χ2v) is 7.35. The maximum atomic E-state index is 13.3. The van der Waals surface area contributed by atoms with E-state index < -0.39 is 17.7 Å². The summed E-state index contributed by atoms with van der Waals surface area (Å²) in [6, 6.07) is 6.47. The maximum absolute atomic E-state index is 13.3. The van der Waals surface area contributed by atoms with Gasteiger partial charge in [-0.15, -0.1) is 0 Å². The van der Waals surface area contributed by atoms with Gasteiger partial charge in [-0.05, 0) is 30.7 Å². The highest BCUT2D eigenvalue weighted by atomic mass is 19.2. The molecular weight excluding hydrogens is 394 g/mol. The van der Waals surface area contributed by atoms with Crippen LogP contribution in [0, 0.1) is 11.6 Å². The third-order valence-electron chi connectivity index (χ3n) is 5.40. The zero-order chi connectivity index (χ0) is 21.3. The first-order valence-electron chi connectivity index (χ1n) is 9.79. The molecule has 0 unspecified atom stereocenters. The predicted octanol–water partition coefficient (Wildman–Crippen LogP) is 1.86. The van der Waals surface area contributed by atoms with Crippen LogP contribution in [0.3, 0.4) is 0 Å². The molecule has 2 aliphatic heterocycles. The Morgan fingerprint density at radius 1 is 1.20 bits per heavy atom. The van der Waals surface area contributed by atoms with Gasteiger partial charge in [-0.3, -0.25) is 9.59 Å². The number of carbonyl (C=O) groups excluding carboxylic acids is 2. The molecule has 0 saturated carbocycles. The summed E-state index contributed by atoms with van der Waals surface area (Å²) in [7, 11) is 0. The summed E-state index contributed by atoms with van der Waals surface area (Å²) in [4.78, 5) is 33.5. The molecule has 1 fully saturated rings. The van der Waals surface area contributed by atoms with Crippen LogP contribution in [0.1, 0.15) is 28.5 Å². The fourth-order valence-electron chi connectivity index (χ4n) is 3.59. The van der Waals surface area contributed by atoms with E-state index in [0.29, 0.717) is 44.1 Å². The number of rotatable bonds is 5. The molecule has 7 nitrogen and oxygen atoms in total. The van der Waals surface area contributed by atoms with Gasteiger partial charge in [0.15, 0.2) is 11.6 Å². The van der Waals surface area contributed by atoms with Crippen molar-refractivity contribution < 1.29 is 23.1 Å². The fourth-order valence-corrected chi connectivity index (χ4v) is 3.59. The molecule has 1 saturated heterocycles. The van der Waals surface area contributed by atoms with Crippen molar-refractivity contribution in [3.63, 3.8) is 0 Å². The van der Waals surface area contributed by atoms with Gasteiger partial charge in [0.25, 0.3) is 5.91 Å². The minimum absolute atomic E-state index is 0.0365. The Morgan fingerprint density at radius 3 is 2.70 bits per heavy atom. The fraction of sp³-hybridized carbons (Fsp3) is 0.381. The highest BCUT2D eigenvalue weighted by Crippen LogP contribution is 2.26. The van der Waals surface area contributed by atoms with Crippen LogP contribution in [-0.2, 0) is 22.6 Å². The van der Waals surface area contributed by atoms with Crippen molar-refractivity contribution >= 4 is 17.6 Å². The first-order chi connectivity index (χ1) is 14.4. The quantitative estimate of drug-likeness (QED) is 0.806. The number of amides is 2. The van der Waals surface area contributed by atoms with Gasteiger partial charge in [0.2, 0.25) is 5.91 Å². The van der Waals surface area contributed by atoms with Crippen molar-refractivity contribution in [2.24, 2.45) is 0 Å². The molecule has 3 heterocycles. The lowest BCUT2D eigenvalue weighted by molar-refractivity contribution is -0.125. The lowest BCUT2D eigenvalue weighted by atomic mass is 10.2. The maximum Gasteiger partial charge on any atom is 0.273 e. The van der Waals surface area contributed by atoms with Gasteiger partial charge in [-0.1, -0.05) is 12.1 Å². The zero-order valence-electron chi connectivity index (χ0n) is 16.5. The molecule has 0 spiro atoms. The van der Waals surface area contributed by atoms with Crippen LogP contribution >= 0.6 is 0 Å². The van der Waals surface area contributed by atoms with Gasteiger partial charge in [0, 0.05) is 31.7 Å². The number of nitrogens with zero attached hydrogens (tertiary/aromatic N) is 3. The van der Waals surface area contributed by atoms with Crippen molar-refractivity contribution in [3.8, 4) is 0 Å². The number of halogens is 2. The monoisotopic (exact) mass is 416 g/mol. The second kappa shape index (κ2) is 8.35. The van der Waals surface area contributed by atoms with E-state index >= 15 is 0 Å². The first kappa shape index (κ1) is 20.2. The Morgan fingerprint density at radius 2 is 1.97 bits per heavy atom. The van der Waals surface area contributed by atoms with E-state index in [1.165, 1.54) is 11.0 Å². The summed E-state index contributed by atoms with van der Waals surface area (Å²) < 4.78 is 31.7. The summed E-state index contributed by atoms with van der Waals surface area (Å²) in [5.41, 5.74) is 1.57. The van der Waals surface area contributed by atoms with Gasteiger partial charge in [0.05, 0.1) is 13.2 Å². The molecule has 0 bridgehead atoms. The molecule has 1 aromatic heterocycles. The van der Waals surface area contributed by atoms with E-state index in [2.05, 4.69) is 15.2 Å². The Bertz CT molecular complexity index is 979.